The van der Waals surface area contributed by atoms with Gasteiger partial charge in [0, 0.05) is 24.2 Å². The number of benzene rings is 3. The zero-order chi connectivity index (χ0) is 23.3. The molecule has 1 atom stereocenters. The van der Waals surface area contributed by atoms with Crippen LogP contribution in [0.2, 0.25) is 0 Å². The predicted molar refractivity (Wildman–Crippen MR) is 124 cm³/mol. The zero-order valence-electron chi connectivity index (χ0n) is 18.1. The van der Waals surface area contributed by atoms with E-state index in [1.807, 2.05) is 6.07 Å². The molecule has 0 amide bonds. The van der Waals surface area contributed by atoms with Crippen molar-refractivity contribution in [1.82, 2.24) is 4.31 Å². The topological polar surface area (TPSA) is 80.8 Å². The lowest BCUT2D eigenvalue weighted by atomic mass is 10.00. The summed E-state index contributed by atoms with van der Waals surface area (Å²) in [6, 6.07) is 23.2. The number of hydrogen-bond donors (Lipinski definition) is 0. The number of rotatable bonds is 7. The van der Waals surface area contributed by atoms with Gasteiger partial charge < -0.3 is 4.74 Å². The van der Waals surface area contributed by atoms with Crippen molar-refractivity contribution in [3.63, 3.8) is 0 Å². The van der Waals surface area contributed by atoms with E-state index >= 15 is 0 Å². The maximum absolute atomic E-state index is 13.2. The monoisotopic (exact) mass is 463 g/mol. The van der Waals surface area contributed by atoms with Gasteiger partial charge in [0.1, 0.15) is 0 Å². The second-order valence-corrected chi connectivity index (χ2v) is 9.86. The molecule has 1 unspecified atom stereocenters. The van der Waals surface area contributed by atoms with Gasteiger partial charge in [-0.05, 0) is 31.0 Å². The van der Waals surface area contributed by atoms with E-state index in [9.17, 15) is 18.0 Å². The number of hydrogen-bond acceptors (Lipinski definition) is 5. The summed E-state index contributed by atoms with van der Waals surface area (Å²) >= 11 is 0. The van der Waals surface area contributed by atoms with E-state index in [-0.39, 0.29) is 16.2 Å². The van der Waals surface area contributed by atoms with Gasteiger partial charge in [-0.25, -0.2) is 13.2 Å². The van der Waals surface area contributed by atoms with Gasteiger partial charge in [-0.3, -0.25) is 4.79 Å². The molecule has 0 N–H and O–H groups in total. The van der Waals surface area contributed by atoms with Crippen LogP contribution in [0.5, 0.6) is 0 Å². The summed E-state index contributed by atoms with van der Waals surface area (Å²) in [6.45, 7) is 0.942. The molecule has 6 nitrogen and oxygen atoms in total. The van der Waals surface area contributed by atoms with Crippen molar-refractivity contribution in [2.45, 2.75) is 30.3 Å². The van der Waals surface area contributed by atoms with Crippen molar-refractivity contribution >= 4 is 21.8 Å². The molecule has 7 heteroatoms. The minimum Gasteiger partial charge on any atom is -0.445 e. The van der Waals surface area contributed by atoms with Crippen molar-refractivity contribution in [3.8, 4) is 0 Å². The molecule has 1 aliphatic rings. The second-order valence-electron chi connectivity index (χ2n) is 7.92. The minimum absolute atomic E-state index is 0.0458. The van der Waals surface area contributed by atoms with Gasteiger partial charge in [-0.1, -0.05) is 73.2 Å². The Kier molecular flexibility index (Phi) is 7.01. The molecule has 1 heterocycles. The largest absolute Gasteiger partial charge is 0.445 e. The van der Waals surface area contributed by atoms with Crippen molar-refractivity contribution in [2.75, 3.05) is 13.1 Å². The number of ketones is 1. The van der Waals surface area contributed by atoms with Crippen LogP contribution in [0.1, 0.15) is 51.6 Å². The summed E-state index contributed by atoms with van der Waals surface area (Å²) in [7, 11) is -3.70. The number of nitrogens with zero attached hydrogens (tertiary/aromatic N) is 1. The van der Waals surface area contributed by atoms with Crippen LogP contribution >= 0.6 is 0 Å². The molecule has 1 fully saturated rings. The molecule has 1 aliphatic heterocycles. The van der Waals surface area contributed by atoms with E-state index < -0.39 is 22.1 Å². The fraction of sp³-hybridized carbons (Fsp3) is 0.231. The van der Waals surface area contributed by atoms with Crippen LogP contribution in [-0.2, 0) is 14.8 Å². The first-order valence-electron chi connectivity index (χ1n) is 10.9. The number of sulfonamides is 1. The highest BCUT2D eigenvalue weighted by Crippen LogP contribution is 2.26. The van der Waals surface area contributed by atoms with Crippen LogP contribution in [0.15, 0.2) is 89.8 Å². The fourth-order valence-corrected chi connectivity index (χ4v) is 5.43. The zero-order valence-corrected chi connectivity index (χ0v) is 18.9. The van der Waals surface area contributed by atoms with Crippen LogP contribution < -0.4 is 0 Å². The number of esters is 1. The minimum atomic E-state index is -3.70. The average Bonchev–Trinajstić information content (AvgIpc) is 2.88. The van der Waals surface area contributed by atoms with E-state index in [1.54, 1.807) is 54.6 Å². The molecule has 0 aromatic heterocycles. The number of carbonyl (C=O) groups excluding carboxylic acids is 2. The van der Waals surface area contributed by atoms with Crippen molar-refractivity contribution in [1.29, 1.82) is 0 Å². The highest BCUT2D eigenvalue weighted by Gasteiger charge is 2.29. The fourth-order valence-electron chi connectivity index (χ4n) is 3.87. The van der Waals surface area contributed by atoms with Crippen molar-refractivity contribution in [3.05, 3.63) is 102 Å². The van der Waals surface area contributed by atoms with Crippen molar-refractivity contribution in [2.24, 2.45) is 0 Å². The lowest BCUT2D eigenvalue weighted by Crippen LogP contribution is -2.35. The van der Waals surface area contributed by atoms with Crippen LogP contribution in [0, 0.1) is 0 Å². The first-order chi connectivity index (χ1) is 16.0. The molecular formula is C26H25NO5S. The van der Waals surface area contributed by atoms with E-state index in [1.165, 1.54) is 28.6 Å². The summed E-state index contributed by atoms with van der Waals surface area (Å²) < 4.78 is 33.1. The Morgan fingerprint density at radius 1 is 0.758 bits per heavy atom. The SMILES string of the molecule is O=C(OC(C(=O)c1ccccc1)c1ccccc1)c1cccc(S(=O)(=O)N2CCCCC2)c1. The Labute approximate surface area is 193 Å². The smallest absolute Gasteiger partial charge is 0.339 e. The van der Waals surface area contributed by atoms with Gasteiger partial charge in [0.25, 0.3) is 0 Å². The molecule has 0 saturated carbocycles. The summed E-state index contributed by atoms with van der Waals surface area (Å²) in [5.74, 6) is -1.11. The summed E-state index contributed by atoms with van der Waals surface area (Å²) in [5, 5.41) is 0. The number of carbonyl (C=O) groups is 2. The molecule has 170 valence electrons. The highest BCUT2D eigenvalue weighted by atomic mass is 32.2. The van der Waals surface area contributed by atoms with Gasteiger partial charge in [0.05, 0.1) is 10.5 Å². The van der Waals surface area contributed by atoms with E-state index in [2.05, 4.69) is 0 Å². The first-order valence-corrected chi connectivity index (χ1v) is 12.4. The van der Waals surface area contributed by atoms with Gasteiger partial charge in [-0.15, -0.1) is 0 Å². The van der Waals surface area contributed by atoms with E-state index in [0.717, 1.165) is 19.3 Å². The standard InChI is InChI=1S/C26H25NO5S/c28-24(20-11-4-1-5-12-20)25(21-13-6-2-7-14-21)32-26(29)22-15-10-16-23(19-22)33(30,31)27-17-8-3-9-18-27/h1-2,4-7,10-16,19,25H,3,8-9,17-18H2. The molecule has 0 spiro atoms. The van der Waals surface area contributed by atoms with Gasteiger partial charge >= 0.3 is 5.97 Å². The average molecular weight is 464 g/mol. The Hall–Kier alpha value is -3.29. The lowest BCUT2D eigenvalue weighted by molar-refractivity contribution is 0.0280. The molecule has 1 saturated heterocycles. The molecule has 3 aromatic rings. The highest BCUT2D eigenvalue weighted by molar-refractivity contribution is 7.89. The normalized spacial score (nSPS) is 15.5. The summed E-state index contributed by atoms with van der Waals surface area (Å²) in [5.41, 5.74) is 1.03. The Morgan fingerprint density at radius 3 is 2.03 bits per heavy atom. The second kappa shape index (κ2) is 10.1. The van der Waals surface area contributed by atoms with Crippen LogP contribution in [-0.4, -0.2) is 37.6 Å². The van der Waals surface area contributed by atoms with Gasteiger partial charge in [-0.2, -0.15) is 4.31 Å². The molecule has 4 rings (SSSR count). The summed E-state index contributed by atoms with van der Waals surface area (Å²) in [6.07, 6.45) is 1.50. The molecule has 0 aliphatic carbocycles. The van der Waals surface area contributed by atoms with Crippen LogP contribution in [0.3, 0.4) is 0 Å². The first kappa shape index (κ1) is 22.9. The van der Waals surface area contributed by atoms with Crippen LogP contribution in [0.25, 0.3) is 0 Å². The number of Topliss-reactive ketones (excluding diaryl/α,β-unsaturated/α-hetero) is 1. The van der Waals surface area contributed by atoms with Crippen LogP contribution in [0.4, 0.5) is 0 Å². The molecular weight excluding hydrogens is 438 g/mol. The third-order valence-electron chi connectivity index (χ3n) is 5.65. The quantitative estimate of drug-likeness (QED) is 0.377. The Morgan fingerprint density at radius 2 is 1.36 bits per heavy atom. The maximum atomic E-state index is 13.2. The van der Waals surface area contributed by atoms with Gasteiger partial charge in [0.2, 0.25) is 15.8 Å². The van der Waals surface area contributed by atoms with Crippen molar-refractivity contribution < 1.29 is 22.7 Å². The molecule has 3 aromatic carbocycles. The predicted octanol–water partition coefficient (Wildman–Crippen LogP) is 4.64. The third-order valence-corrected chi connectivity index (χ3v) is 7.54. The lowest BCUT2D eigenvalue weighted by Gasteiger charge is -2.26. The van der Waals surface area contributed by atoms with Gasteiger partial charge in [0.15, 0.2) is 6.10 Å². The van der Waals surface area contributed by atoms with E-state index in [0.29, 0.717) is 24.2 Å². The Balaban J connectivity index is 1.61. The molecule has 0 radical (unpaired) electrons. The third kappa shape index (κ3) is 5.21. The molecule has 0 bridgehead atoms. The number of piperidine rings is 1. The molecule has 33 heavy (non-hydrogen) atoms. The summed E-state index contributed by atoms with van der Waals surface area (Å²) in [4.78, 5) is 26.2. The maximum Gasteiger partial charge on any atom is 0.339 e. The number of ether oxygens (including phenoxy) is 1. The van der Waals surface area contributed by atoms with E-state index in [4.69, 9.17) is 4.74 Å². The Bertz CT molecular complexity index is 1220.